The second-order valence-electron chi connectivity index (χ2n) is 9.17. The number of nitrogens with zero attached hydrogens (tertiary/aromatic N) is 3. The molecule has 192 valence electrons. The van der Waals surface area contributed by atoms with Crippen molar-refractivity contribution in [3.8, 4) is 5.75 Å². The maximum Gasteiger partial charge on any atom is 0.265 e. The van der Waals surface area contributed by atoms with E-state index in [0.29, 0.717) is 53.6 Å². The number of hydrogen-bond donors (Lipinski definition) is 1. The highest BCUT2D eigenvalue weighted by atomic mass is 32.1. The van der Waals surface area contributed by atoms with E-state index < -0.39 is 0 Å². The molecule has 0 atom stereocenters. The summed E-state index contributed by atoms with van der Waals surface area (Å²) in [6, 6.07) is 16.3. The predicted octanol–water partition coefficient (Wildman–Crippen LogP) is 4.21. The number of amides is 3. The number of thiophene rings is 1. The Hall–Kier alpha value is -3.85. The van der Waals surface area contributed by atoms with Gasteiger partial charge >= 0.3 is 0 Å². The minimum Gasteiger partial charge on any atom is -0.497 e. The van der Waals surface area contributed by atoms with E-state index in [1.54, 1.807) is 43.5 Å². The molecule has 2 saturated heterocycles. The first-order valence-corrected chi connectivity index (χ1v) is 13.4. The number of carbonyl (C=O) groups excluding carboxylic acids is 3. The van der Waals surface area contributed by atoms with Crippen molar-refractivity contribution in [1.82, 2.24) is 9.80 Å². The smallest absolute Gasteiger partial charge is 0.265 e. The number of methoxy groups -OCH3 is 1. The van der Waals surface area contributed by atoms with E-state index in [4.69, 9.17) is 4.74 Å². The second-order valence-corrected chi connectivity index (χ2v) is 10.1. The van der Waals surface area contributed by atoms with E-state index in [1.165, 1.54) is 11.3 Å². The maximum atomic E-state index is 13.5. The average Bonchev–Trinajstić information content (AvgIpc) is 3.68. The summed E-state index contributed by atoms with van der Waals surface area (Å²) in [6.07, 6.45) is 2.00. The molecule has 0 bridgehead atoms. The minimum atomic E-state index is -0.187. The standard InChI is InChI=1S/C28H30N4O4S/c1-36-22-9-6-20(7-10-22)27(34)32-16-14-30(15-17-32)24-11-8-21(29-26(33)25-5-4-18-37-25)19-23(24)28(35)31-12-2-3-13-31/h4-11,18-19H,2-3,12-17H2,1H3,(H,29,33). The molecule has 3 aromatic rings. The highest BCUT2D eigenvalue weighted by Gasteiger charge is 2.28. The molecule has 2 fully saturated rings. The van der Waals surface area contributed by atoms with Crippen LogP contribution in [0.4, 0.5) is 11.4 Å². The zero-order chi connectivity index (χ0) is 25.8. The molecule has 2 aromatic carbocycles. The van der Waals surface area contributed by atoms with Crippen LogP contribution < -0.4 is 15.0 Å². The molecule has 5 rings (SSSR count). The van der Waals surface area contributed by atoms with Crippen LogP contribution >= 0.6 is 11.3 Å². The third-order valence-corrected chi connectivity index (χ3v) is 7.74. The Bertz CT molecular complexity index is 1260. The summed E-state index contributed by atoms with van der Waals surface area (Å²) in [7, 11) is 1.60. The molecule has 9 heteroatoms. The van der Waals surface area contributed by atoms with E-state index in [-0.39, 0.29) is 17.7 Å². The topological polar surface area (TPSA) is 82.2 Å². The zero-order valence-corrected chi connectivity index (χ0v) is 21.6. The van der Waals surface area contributed by atoms with Crippen molar-refractivity contribution in [2.75, 3.05) is 56.6 Å². The molecule has 0 radical (unpaired) electrons. The van der Waals surface area contributed by atoms with Crippen LogP contribution in [0.2, 0.25) is 0 Å². The monoisotopic (exact) mass is 518 g/mol. The van der Waals surface area contributed by atoms with Gasteiger partial charge in [-0.2, -0.15) is 0 Å². The Morgan fingerprint density at radius 2 is 1.54 bits per heavy atom. The van der Waals surface area contributed by atoms with Gasteiger partial charge in [-0.1, -0.05) is 6.07 Å². The largest absolute Gasteiger partial charge is 0.497 e. The fourth-order valence-electron chi connectivity index (χ4n) is 4.82. The Balaban J connectivity index is 1.33. The zero-order valence-electron chi connectivity index (χ0n) is 20.8. The van der Waals surface area contributed by atoms with Gasteiger partial charge in [0, 0.05) is 56.2 Å². The van der Waals surface area contributed by atoms with E-state index >= 15 is 0 Å². The molecule has 2 aliphatic heterocycles. The van der Waals surface area contributed by atoms with E-state index in [2.05, 4.69) is 10.2 Å². The number of piperazine rings is 1. The molecule has 1 N–H and O–H groups in total. The van der Waals surface area contributed by atoms with Gasteiger partial charge in [-0.25, -0.2) is 0 Å². The predicted molar refractivity (Wildman–Crippen MR) is 145 cm³/mol. The molecule has 3 amide bonds. The van der Waals surface area contributed by atoms with Crippen LogP contribution in [0.5, 0.6) is 5.75 Å². The quantitative estimate of drug-likeness (QED) is 0.529. The van der Waals surface area contributed by atoms with Crippen molar-refractivity contribution < 1.29 is 19.1 Å². The Morgan fingerprint density at radius 3 is 2.19 bits per heavy atom. The van der Waals surface area contributed by atoms with Crippen molar-refractivity contribution in [2.45, 2.75) is 12.8 Å². The molecule has 3 heterocycles. The Kier molecular flexibility index (Phi) is 7.41. The number of hydrogen-bond acceptors (Lipinski definition) is 6. The summed E-state index contributed by atoms with van der Waals surface area (Å²) in [5.74, 6) is 0.498. The number of likely N-dealkylation sites (tertiary alicyclic amines) is 1. The number of ether oxygens (including phenoxy) is 1. The van der Waals surface area contributed by atoms with Gasteiger partial charge in [-0.3, -0.25) is 14.4 Å². The maximum absolute atomic E-state index is 13.5. The van der Waals surface area contributed by atoms with Crippen LogP contribution in [-0.2, 0) is 0 Å². The van der Waals surface area contributed by atoms with Crippen LogP contribution in [-0.4, -0.2) is 73.9 Å². The third-order valence-electron chi connectivity index (χ3n) is 6.87. The summed E-state index contributed by atoms with van der Waals surface area (Å²) in [5, 5.41) is 4.79. The molecule has 37 heavy (non-hydrogen) atoms. The second kappa shape index (κ2) is 11.0. The van der Waals surface area contributed by atoms with Crippen LogP contribution in [0.1, 0.15) is 43.2 Å². The first-order chi connectivity index (χ1) is 18.0. The molecule has 0 saturated carbocycles. The molecule has 0 unspecified atom stereocenters. The van der Waals surface area contributed by atoms with Gasteiger partial charge in [0.25, 0.3) is 17.7 Å². The first-order valence-electron chi connectivity index (χ1n) is 12.5. The Morgan fingerprint density at radius 1 is 0.838 bits per heavy atom. The molecule has 0 aliphatic carbocycles. The molecular formula is C28H30N4O4S. The minimum absolute atomic E-state index is 0.0118. The van der Waals surface area contributed by atoms with Crippen LogP contribution in [0.3, 0.4) is 0 Å². The van der Waals surface area contributed by atoms with Crippen molar-refractivity contribution in [1.29, 1.82) is 0 Å². The van der Waals surface area contributed by atoms with Crippen molar-refractivity contribution in [3.05, 3.63) is 76.0 Å². The fraction of sp³-hybridized carbons (Fsp3) is 0.321. The SMILES string of the molecule is COc1ccc(C(=O)N2CCN(c3ccc(NC(=O)c4cccs4)cc3C(=O)N3CCCC3)CC2)cc1. The van der Waals surface area contributed by atoms with Gasteiger partial charge in [-0.15, -0.1) is 11.3 Å². The van der Waals surface area contributed by atoms with E-state index in [9.17, 15) is 14.4 Å². The molecule has 2 aliphatic rings. The number of nitrogens with one attached hydrogen (secondary N) is 1. The number of rotatable bonds is 6. The summed E-state index contributed by atoms with van der Waals surface area (Å²) < 4.78 is 5.19. The lowest BCUT2D eigenvalue weighted by Crippen LogP contribution is -2.49. The highest BCUT2D eigenvalue weighted by Crippen LogP contribution is 2.29. The van der Waals surface area contributed by atoms with Crippen molar-refractivity contribution in [2.24, 2.45) is 0 Å². The van der Waals surface area contributed by atoms with Gasteiger partial charge in [0.15, 0.2) is 0 Å². The summed E-state index contributed by atoms with van der Waals surface area (Å²) in [5.41, 5.74) is 2.64. The van der Waals surface area contributed by atoms with Crippen LogP contribution in [0, 0.1) is 0 Å². The first kappa shape index (κ1) is 24.8. The van der Waals surface area contributed by atoms with Gasteiger partial charge in [0.05, 0.1) is 17.6 Å². The summed E-state index contributed by atoms with van der Waals surface area (Å²) in [4.78, 5) is 45.6. The molecule has 1 aromatic heterocycles. The normalized spacial score (nSPS) is 15.5. The molecule has 0 spiro atoms. The summed E-state index contributed by atoms with van der Waals surface area (Å²) in [6.45, 7) is 3.83. The van der Waals surface area contributed by atoms with Crippen LogP contribution in [0.15, 0.2) is 60.0 Å². The average molecular weight is 519 g/mol. The van der Waals surface area contributed by atoms with Gasteiger partial charge in [0.1, 0.15) is 5.75 Å². The van der Waals surface area contributed by atoms with E-state index in [1.807, 2.05) is 33.4 Å². The third kappa shape index (κ3) is 5.46. The van der Waals surface area contributed by atoms with Crippen molar-refractivity contribution >= 4 is 40.4 Å². The lowest BCUT2D eigenvalue weighted by Gasteiger charge is -2.37. The van der Waals surface area contributed by atoms with Crippen molar-refractivity contribution in [3.63, 3.8) is 0 Å². The van der Waals surface area contributed by atoms with E-state index in [0.717, 1.165) is 31.6 Å². The van der Waals surface area contributed by atoms with Gasteiger partial charge in [-0.05, 0) is 66.8 Å². The lowest BCUT2D eigenvalue weighted by molar-refractivity contribution is 0.0743. The number of anilines is 2. The highest BCUT2D eigenvalue weighted by molar-refractivity contribution is 7.12. The number of carbonyl (C=O) groups is 3. The molecule has 8 nitrogen and oxygen atoms in total. The van der Waals surface area contributed by atoms with Crippen LogP contribution in [0.25, 0.3) is 0 Å². The number of benzene rings is 2. The Labute approximate surface area is 220 Å². The lowest BCUT2D eigenvalue weighted by atomic mass is 10.1. The van der Waals surface area contributed by atoms with Gasteiger partial charge < -0.3 is 24.8 Å². The fourth-order valence-corrected chi connectivity index (χ4v) is 5.44. The molecular weight excluding hydrogens is 488 g/mol. The summed E-state index contributed by atoms with van der Waals surface area (Å²) >= 11 is 1.38. The van der Waals surface area contributed by atoms with Gasteiger partial charge in [0.2, 0.25) is 0 Å².